The second-order valence-corrected chi connectivity index (χ2v) is 9.16. The lowest BCUT2D eigenvalue weighted by Crippen LogP contribution is -2.47. The Kier molecular flexibility index (Phi) is 7.28. The van der Waals surface area contributed by atoms with Crippen LogP contribution in [-0.2, 0) is 16.1 Å². The number of β-amino-alcohol motifs (C(OH)–C–C–N with tert-alkyl or cyclic N) is 1. The van der Waals surface area contributed by atoms with Crippen LogP contribution < -0.4 is 10.1 Å². The van der Waals surface area contributed by atoms with E-state index in [9.17, 15) is 14.7 Å². The molecule has 0 aliphatic carbocycles. The van der Waals surface area contributed by atoms with E-state index in [0.717, 1.165) is 21.7 Å². The molecule has 0 saturated carbocycles. The number of aryl methyl sites for hydroxylation is 1. The Morgan fingerprint density at radius 2 is 2.12 bits per heavy atom. The molecule has 2 N–H and O–H groups in total. The first-order chi connectivity index (χ1) is 16.4. The number of amides is 2. The van der Waals surface area contributed by atoms with Crippen LogP contribution >= 0.6 is 11.3 Å². The average molecular weight is 485 g/mol. The van der Waals surface area contributed by atoms with E-state index in [4.69, 9.17) is 9.26 Å². The van der Waals surface area contributed by atoms with Gasteiger partial charge >= 0.3 is 0 Å². The van der Waals surface area contributed by atoms with Gasteiger partial charge in [-0.15, -0.1) is 11.3 Å². The van der Waals surface area contributed by atoms with Crippen LogP contribution in [0.1, 0.15) is 42.7 Å². The Hall–Kier alpha value is -3.24. The third-order valence-electron chi connectivity index (χ3n) is 6.06. The third kappa shape index (κ3) is 4.97. The molecule has 10 heteroatoms. The molecule has 3 aromatic rings. The number of carbonyl (C=O) groups excluding carboxylic acids is 2. The van der Waals surface area contributed by atoms with Crippen molar-refractivity contribution in [1.82, 2.24) is 20.4 Å². The van der Waals surface area contributed by atoms with E-state index in [1.165, 1.54) is 12.0 Å². The van der Waals surface area contributed by atoms with Crippen molar-refractivity contribution in [2.75, 3.05) is 13.7 Å². The first-order valence-electron chi connectivity index (χ1n) is 11.2. The lowest BCUT2D eigenvalue weighted by molar-refractivity contribution is -0.140. The van der Waals surface area contributed by atoms with Crippen molar-refractivity contribution in [1.29, 1.82) is 0 Å². The molecule has 1 unspecified atom stereocenters. The quantitative estimate of drug-likeness (QED) is 0.505. The van der Waals surface area contributed by atoms with E-state index in [1.54, 1.807) is 17.4 Å². The molecule has 1 fully saturated rings. The number of thiazole rings is 1. The summed E-state index contributed by atoms with van der Waals surface area (Å²) in [5, 5.41) is 16.9. The fourth-order valence-corrected chi connectivity index (χ4v) is 5.01. The number of nitrogens with zero attached hydrogens (tertiary/aromatic N) is 3. The van der Waals surface area contributed by atoms with Crippen LogP contribution in [0.3, 0.4) is 0 Å². The number of methoxy groups -OCH3 is 1. The summed E-state index contributed by atoms with van der Waals surface area (Å²) in [5.41, 5.74) is 4.84. The molecule has 3 heterocycles. The van der Waals surface area contributed by atoms with Gasteiger partial charge in [0.1, 0.15) is 6.04 Å². The van der Waals surface area contributed by atoms with Crippen molar-refractivity contribution in [3.05, 3.63) is 52.9 Å². The van der Waals surface area contributed by atoms with Gasteiger partial charge in [0.2, 0.25) is 11.8 Å². The summed E-state index contributed by atoms with van der Waals surface area (Å²) in [7, 11) is 1.47. The lowest BCUT2D eigenvalue weighted by Gasteiger charge is -2.26. The maximum absolute atomic E-state index is 13.3. The monoisotopic (exact) mass is 484 g/mol. The fraction of sp³-hybridized carbons (Fsp3) is 0.417. The standard InChI is InChI=1S/C24H28N4O5S/c1-4-18(20-10-21(32-3)27-33-20)24(31)28-12-17(29)9-19(28)23(30)25-11-15-5-7-16(8-6-15)22-14(2)26-13-34-22/h5-8,10,13,17-19,29H,4,9,11-12H2,1-3H3,(H,25,30)/t17-,18?,19+/m1/s1. The molecule has 1 aromatic carbocycles. The number of benzene rings is 1. The second-order valence-electron chi connectivity index (χ2n) is 8.31. The molecule has 1 aliphatic heterocycles. The van der Waals surface area contributed by atoms with Gasteiger partial charge in [-0.3, -0.25) is 9.59 Å². The van der Waals surface area contributed by atoms with Gasteiger partial charge in [-0.2, -0.15) is 0 Å². The van der Waals surface area contributed by atoms with E-state index in [-0.39, 0.29) is 30.7 Å². The minimum atomic E-state index is -0.761. The van der Waals surface area contributed by atoms with E-state index in [2.05, 4.69) is 15.5 Å². The number of nitrogens with one attached hydrogen (secondary N) is 1. The maximum Gasteiger partial charge on any atom is 0.254 e. The number of rotatable bonds is 8. The summed E-state index contributed by atoms with van der Waals surface area (Å²) < 4.78 is 10.3. The number of aromatic nitrogens is 2. The predicted octanol–water partition coefficient (Wildman–Crippen LogP) is 2.89. The van der Waals surface area contributed by atoms with Crippen LogP contribution in [0.5, 0.6) is 5.88 Å². The first kappa shape index (κ1) is 23.9. The molecular formula is C24H28N4O5S. The van der Waals surface area contributed by atoms with Gasteiger partial charge in [-0.1, -0.05) is 31.2 Å². The van der Waals surface area contributed by atoms with E-state index >= 15 is 0 Å². The van der Waals surface area contributed by atoms with Gasteiger partial charge in [0.25, 0.3) is 5.88 Å². The van der Waals surface area contributed by atoms with Gasteiger partial charge < -0.3 is 24.6 Å². The largest absolute Gasteiger partial charge is 0.479 e. The molecule has 2 amide bonds. The average Bonchev–Trinajstić information content (AvgIpc) is 3.58. The summed E-state index contributed by atoms with van der Waals surface area (Å²) in [6.45, 7) is 4.26. The summed E-state index contributed by atoms with van der Waals surface area (Å²) in [6, 6.07) is 8.77. The number of carbonyl (C=O) groups is 2. The highest BCUT2D eigenvalue weighted by atomic mass is 32.1. The summed E-state index contributed by atoms with van der Waals surface area (Å²) in [5.74, 6) is -0.519. The SMILES string of the molecule is CCC(C(=O)N1C[C@H](O)C[C@H]1C(=O)NCc1ccc(-c2scnc2C)cc1)c1cc(OC)no1. The Morgan fingerprint density at radius 3 is 2.74 bits per heavy atom. The van der Waals surface area contributed by atoms with E-state index < -0.39 is 18.1 Å². The van der Waals surface area contributed by atoms with Crippen LogP contribution in [0.4, 0.5) is 0 Å². The molecule has 34 heavy (non-hydrogen) atoms. The molecule has 0 radical (unpaired) electrons. The molecule has 0 bridgehead atoms. The van der Waals surface area contributed by atoms with Gasteiger partial charge in [-0.05, 0) is 29.6 Å². The molecule has 4 rings (SSSR count). The topological polar surface area (TPSA) is 118 Å². The van der Waals surface area contributed by atoms with Crippen LogP contribution in [0, 0.1) is 6.92 Å². The van der Waals surface area contributed by atoms with E-state index in [1.807, 2.05) is 43.6 Å². The number of likely N-dealkylation sites (tertiary alicyclic amines) is 1. The van der Waals surface area contributed by atoms with Gasteiger partial charge in [-0.25, -0.2) is 4.98 Å². The normalized spacial score (nSPS) is 18.6. The molecule has 2 aromatic heterocycles. The van der Waals surface area contributed by atoms with Crippen LogP contribution in [0.15, 0.2) is 40.4 Å². The zero-order valence-electron chi connectivity index (χ0n) is 19.4. The van der Waals surface area contributed by atoms with Crippen molar-refractivity contribution in [2.45, 2.75) is 51.3 Å². The zero-order chi connectivity index (χ0) is 24.2. The molecular weight excluding hydrogens is 456 g/mol. The lowest BCUT2D eigenvalue weighted by atomic mass is 10.0. The highest BCUT2D eigenvalue weighted by Crippen LogP contribution is 2.30. The maximum atomic E-state index is 13.3. The highest BCUT2D eigenvalue weighted by Gasteiger charge is 2.41. The summed E-state index contributed by atoms with van der Waals surface area (Å²) >= 11 is 1.59. The zero-order valence-corrected chi connectivity index (χ0v) is 20.2. The molecule has 9 nitrogen and oxygen atoms in total. The summed E-state index contributed by atoms with van der Waals surface area (Å²) in [6.07, 6.45) is -0.107. The van der Waals surface area contributed by atoms with Crippen molar-refractivity contribution in [3.63, 3.8) is 0 Å². The Balaban J connectivity index is 1.41. The number of hydrogen-bond acceptors (Lipinski definition) is 8. The number of aliphatic hydroxyl groups excluding tert-OH is 1. The number of aliphatic hydroxyl groups is 1. The molecule has 0 spiro atoms. The van der Waals surface area contributed by atoms with E-state index in [0.29, 0.717) is 18.7 Å². The van der Waals surface area contributed by atoms with Crippen molar-refractivity contribution in [2.24, 2.45) is 0 Å². The predicted molar refractivity (Wildman–Crippen MR) is 126 cm³/mol. The fourth-order valence-electron chi connectivity index (χ4n) is 4.20. The summed E-state index contributed by atoms with van der Waals surface area (Å²) in [4.78, 5) is 33.1. The van der Waals surface area contributed by atoms with Crippen molar-refractivity contribution < 1.29 is 24.0 Å². The molecule has 3 atom stereocenters. The van der Waals surface area contributed by atoms with Gasteiger partial charge in [0.05, 0.1) is 35.2 Å². The Bertz CT molecular complexity index is 1140. The van der Waals surface area contributed by atoms with Crippen LogP contribution in [0.25, 0.3) is 10.4 Å². The van der Waals surface area contributed by atoms with Crippen LogP contribution in [0.2, 0.25) is 0 Å². The van der Waals surface area contributed by atoms with Crippen molar-refractivity contribution >= 4 is 23.2 Å². The van der Waals surface area contributed by atoms with Gasteiger partial charge in [0, 0.05) is 25.6 Å². The minimum absolute atomic E-state index is 0.0988. The third-order valence-corrected chi connectivity index (χ3v) is 7.04. The van der Waals surface area contributed by atoms with Gasteiger partial charge in [0.15, 0.2) is 5.76 Å². The minimum Gasteiger partial charge on any atom is -0.479 e. The van der Waals surface area contributed by atoms with Crippen molar-refractivity contribution in [3.8, 4) is 16.3 Å². The highest BCUT2D eigenvalue weighted by molar-refractivity contribution is 7.13. The molecule has 180 valence electrons. The Labute approximate surface area is 201 Å². The second kappa shape index (κ2) is 10.4. The smallest absolute Gasteiger partial charge is 0.254 e. The molecule has 1 aliphatic rings. The number of hydrogen-bond donors (Lipinski definition) is 2. The Morgan fingerprint density at radius 1 is 1.35 bits per heavy atom. The molecule has 1 saturated heterocycles. The van der Waals surface area contributed by atoms with Crippen LogP contribution in [-0.4, -0.2) is 57.8 Å². The number of ether oxygens (including phenoxy) is 1. The first-order valence-corrected chi connectivity index (χ1v) is 12.1.